The van der Waals surface area contributed by atoms with Crippen LogP contribution in [-0.4, -0.2) is 45.9 Å². The highest BCUT2D eigenvalue weighted by Gasteiger charge is 2.39. The van der Waals surface area contributed by atoms with Gasteiger partial charge in [0.1, 0.15) is 11.7 Å². The Balaban J connectivity index is 1.33. The van der Waals surface area contributed by atoms with Crippen molar-refractivity contribution < 1.29 is 28.9 Å². The Morgan fingerprint density at radius 3 is 2.37 bits per heavy atom. The average molecular weight is 668 g/mol. The molecule has 1 fully saturated rings. The first kappa shape index (κ1) is 33.4. The number of ether oxygens (including phenoxy) is 3. The number of nitrogens with one attached hydrogen (secondary N) is 2. The largest absolute Gasteiger partial charge is 0.465 e. The predicted octanol–water partition coefficient (Wildman–Crippen LogP) is 6.20. The number of esters is 1. The lowest BCUT2D eigenvalue weighted by Gasteiger charge is -2.41. The van der Waals surface area contributed by atoms with Gasteiger partial charge in [-0.25, -0.2) is 9.78 Å². The fourth-order valence-electron chi connectivity index (χ4n) is 5.37. The number of aromatic nitrogens is 2. The molecule has 0 radical (unpaired) electrons. The summed E-state index contributed by atoms with van der Waals surface area (Å²) in [5.41, 5.74) is 5.43. The van der Waals surface area contributed by atoms with Gasteiger partial charge in [0.15, 0.2) is 11.4 Å². The Bertz CT molecular complexity index is 1630. The first-order valence-corrected chi connectivity index (χ1v) is 15.7. The monoisotopic (exact) mass is 666 g/mol. The molecule has 3 aromatic carbocycles. The molecule has 1 saturated heterocycles. The summed E-state index contributed by atoms with van der Waals surface area (Å²) >= 11 is 12.5. The third-order valence-electron chi connectivity index (χ3n) is 7.88. The number of halogens is 2. The molecule has 1 aromatic heterocycles. The Labute approximate surface area is 277 Å². The van der Waals surface area contributed by atoms with E-state index in [1.807, 2.05) is 72.8 Å². The van der Waals surface area contributed by atoms with Crippen LogP contribution in [0.5, 0.6) is 0 Å². The summed E-state index contributed by atoms with van der Waals surface area (Å²) in [5, 5.41) is 15.4. The summed E-state index contributed by atoms with van der Waals surface area (Å²) < 4.78 is 19.7. The molecule has 0 spiro atoms. The van der Waals surface area contributed by atoms with Gasteiger partial charge >= 0.3 is 12.0 Å². The van der Waals surface area contributed by atoms with Crippen LogP contribution >= 0.6 is 23.2 Å². The van der Waals surface area contributed by atoms with Crippen molar-refractivity contribution in [3.05, 3.63) is 112 Å². The van der Waals surface area contributed by atoms with Gasteiger partial charge in [-0.15, -0.1) is 0 Å². The van der Waals surface area contributed by atoms with Gasteiger partial charge in [-0.2, -0.15) is 0 Å². The Morgan fingerprint density at radius 2 is 1.70 bits per heavy atom. The summed E-state index contributed by atoms with van der Waals surface area (Å²) in [6.45, 7) is 4.48. The molecular formula is C34H36Cl2N4O6. The van der Waals surface area contributed by atoms with E-state index in [-0.39, 0.29) is 49.6 Å². The van der Waals surface area contributed by atoms with E-state index in [1.165, 1.54) is 0 Å². The number of nitrogens with zero attached hydrogens (tertiary/aromatic N) is 2. The summed E-state index contributed by atoms with van der Waals surface area (Å²) in [6.07, 6.45) is 0.346. The van der Waals surface area contributed by atoms with Gasteiger partial charge in [0.2, 0.25) is 0 Å². The van der Waals surface area contributed by atoms with Crippen LogP contribution in [0.2, 0.25) is 10.3 Å². The second-order valence-electron chi connectivity index (χ2n) is 10.9. The highest BCUT2D eigenvalue weighted by Crippen LogP contribution is 2.42. The lowest BCUT2D eigenvalue weighted by atomic mass is 9.90. The third-order valence-corrected chi connectivity index (χ3v) is 8.65. The van der Waals surface area contributed by atoms with E-state index in [9.17, 15) is 14.7 Å². The fraction of sp³-hybridized carbons (Fsp3) is 0.324. The molecule has 10 nitrogen and oxygen atoms in total. The number of urea groups is 1. The van der Waals surface area contributed by atoms with Gasteiger partial charge in [0.25, 0.3) is 0 Å². The molecule has 0 saturated carbocycles. The number of carbonyl (C=O) groups excluding carboxylic acids is 2. The maximum atomic E-state index is 12.3. The summed E-state index contributed by atoms with van der Waals surface area (Å²) in [7, 11) is 0. The molecule has 3 N–H and O–H groups in total. The number of aliphatic hydroxyl groups excluding tert-OH is 1. The van der Waals surface area contributed by atoms with E-state index in [4.69, 9.17) is 37.4 Å². The maximum absolute atomic E-state index is 12.3. The second kappa shape index (κ2) is 15.6. The van der Waals surface area contributed by atoms with Crippen molar-refractivity contribution in [2.45, 2.75) is 52.0 Å². The lowest BCUT2D eigenvalue weighted by molar-refractivity contribution is -0.276. The molecule has 1 aliphatic rings. The number of amides is 2. The summed E-state index contributed by atoms with van der Waals surface area (Å²) in [6, 6.07) is 22.9. The van der Waals surface area contributed by atoms with Crippen LogP contribution in [0.4, 0.5) is 4.79 Å². The van der Waals surface area contributed by atoms with Crippen LogP contribution in [0.1, 0.15) is 48.5 Å². The van der Waals surface area contributed by atoms with Crippen LogP contribution in [0.3, 0.4) is 0 Å². The van der Waals surface area contributed by atoms with Crippen molar-refractivity contribution >= 4 is 35.2 Å². The summed E-state index contributed by atoms with van der Waals surface area (Å²) in [5.74, 6) is -0.549. The molecule has 0 bridgehead atoms. The first-order chi connectivity index (χ1) is 22.3. The van der Waals surface area contributed by atoms with Crippen LogP contribution in [0, 0.1) is 5.92 Å². The number of hydrogen-bond acceptors (Lipinski definition) is 7. The molecule has 2 heterocycles. The standard InChI is InChI=1S/C34H36Cl2N4O6/c1-3-44-29(42)17-38-34(43)37-16-26-6-4-5-7-27(26)23-12-14-25(15-13-23)33-45-28(18-40-20-39-31(35)32(40)36)21(2)30(46-33)24-10-8-22(19-41)9-11-24/h4-15,20-21,28,30,33,41H,3,16-19H2,1-2H3,(H2,37,38,43)/t21-,28+,30+,33+/m0/s1. The minimum atomic E-state index is -0.671. The minimum absolute atomic E-state index is 0.0379. The lowest BCUT2D eigenvalue weighted by Crippen LogP contribution is -2.39. The number of rotatable bonds is 11. The van der Waals surface area contributed by atoms with Gasteiger partial charge in [-0.1, -0.05) is 103 Å². The molecule has 242 valence electrons. The van der Waals surface area contributed by atoms with E-state index >= 15 is 0 Å². The number of aliphatic hydroxyl groups is 1. The normalized spacial score (nSPS) is 19.4. The van der Waals surface area contributed by atoms with E-state index in [2.05, 4.69) is 22.5 Å². The van der Waals surface area contributed by atoms with E-state index < -0.39 is 18.3 Å². The van der Waals surface area contributed by atoms with Gasteiger partial charge in [0, 0.05) is 18.0 Å². The van der Waals surface area contributed by atoms with Gasteiger partial charge in [-0.05, 0) is 34.7 Å². The predicted molar refractivity (Wildman–Crippen MR) is 174 cm³/mol. The van der Waals surface area contributed by atoms with Gasteiger partial charge in [0.05, 0.1) is 38.3 Å². The number of carbonyl (C=O) groups is 2. The zero-order valence-electron chi connectivity index (χ0n) is 25.5. The van der Waals surface area contributed by atoms with Crippen LogP contribution < -0.4 is 10.6 Å². The third kappa shape index (κ3) is 8.07. The molecule has 46 heavy (non-hydrogen) atoms. The van der Waals surface area contributed by atoms with E-state index in [1.54, 1.807) is 17.8 Å². The first-order valence-electron chi connectivity index (χ1n) is 15.0. The molecule has 5 rings (SSSR count). The SMILES string of the molecule is CCOC(=O)CNC(=O)NCc1ccccc1-c1ccc([C@@H]2O[C@H](Cn3cnc(Cl)c3Cl)[C@H](C)[C@H](c3ccc(CO)cc3)O2)cc1. The Morgan fingerprint density at radius 1 is 0.978 bits per heavy atom. The quantitative estimate of drug-likeness (QED) is 0.163. The summed E-state index contributed by atoms with van der Waals surface area (Å²) in [4.78, 5) is 27.9. The molecule has 4 aromatic rings. The topological polar surface area (TPSA) is 124 Å². The van der Waals surface area contributed by atoms with Crippen molar-refractivity contribution in [3.8, 4) is 11.1 Å². The second-order valence-corrected chi connectivity index (χ2v) is 11.6. The van der Waals surface area contributed by atoms with Gasteiger partial charge in [-0.3, -0.25) is 4.79 Å². The molecular weight excluding hydrogens is 631 g/mol. The highest BCUT2D eigenvalue weighted by atomic mass is 35.5. The number of imidazole rings is 1. The molecule has 1 aliphatic heterocycles. The highest BCUT2D eigenvalue weighted by molar-refractivity contribution is 6.40. The number of hydrogen-bond donors (Lipinski definition) is 3. The van der Waals surface area contributed by atoms with Crippen molar-refractivity contribution in [3.63, 3.8) is 0 Å². The molecule has 4 atom stereocenters. The van der Waals surface area contributed by atoms with Gasteiger partial charge < -0.3 is 34.5 Å². The number of benzene rings is 3. The van der Waals surface area contributed by atoms with Crippen molar-refractivity contribution in [1.29, 1.82) is 0 Å². The molecule has 2 amide bonds. The molecule has 0 unspecified atom stereocenters. The fourth-order valence-corrected chi connectivity index (χ4v) is 5.68. The van der Waals surface area contributed by atoms with E-state index in [0.29, 0.717) is 11.7 Å². The van der Waals surface area contributed by atoms with Crippen LogP contribution in [-0.2, 0) is 38.7 Å². The molecule has 12 heteroatoms. The van der Waals surface area contributed by atoms with Crippen molar-refractivity contribution in [2.75, 3.05) is 13.2 Å². The van der Waals surface area contributed by atoms with Crippen LogP contribution in [0.15, 0.2) is 79.1 Å². The smallest absolute Gasteiger partial charge is 0.325 e. The Kier molecular flexibility index (Phi) is 11.3. The zero-order chi connectivity index (χ0) is 32.6. The maximum Gasteiger partial charge on any atom is 0.325 e. The average Bonchev–Trinajstić information content (AvgIpc) is 3.40. The molecule has 0 aliphatic carbocycles. The zero-order valence-corrected chi connectivity index (χ0v) is 27.0. The van der Waals surface area contributed by atoms with Crippen LogP contribution in [0.25, 0.3) is 11.1 Å². The van der Waals surface area contributed by atoms with E-state index in [0.717, 1.165) is 33.4 Å². The Hall–Kier alpha value is -3.93. The van der Waals surface area contributed by atoms with Crippen molar-refractivity contribution in [1.82, 2.24) is 20.2 Å². The minimum Gasteiger partial charge on any atom is -0.465 e. The van der Waals surface area contributed by atoms with Crippen molar-refractivity contribution in [2.24, 2.45) is 5.92 Å².